The molecule has 182 valence electrons. The number of rotatable bonds is 13. The van der Waals surface area contributed by atoms with E-state index in [2.05, 4.69) is 38.9 Å². The van der Waals surface area contributed by atoms with Gasteiger partial charge in [-0.2, -0.15) is 12.6 Å². The number of nitrogens with one attached hydrogen (secondary N) is 4. The van der Waals surface area contributed by atoms with Crippen LogP contribution in [0.1, 0.15) is 32.6 Å². The highest BCUT2D eigenvalue weighted by Crippen LogP contribution is 2.07. The van der Waals surface area contributed by atoms with Crippen molar-refractivity contribution in [2.45, 2.75) is 62.9 Å². The summed E-state index contributed by atoms with van der Waals surface area (Å²) in [6.45, 7) is 2.19. The fourth-order valence-electron chi connectivity index (χ4n) is 3.06. The van der Waals surface area contributed by atoms with Crippen LogP contribution in [-0.4, -0.2) is 89.0 Å². The number of aliphatic hydroxyl groups is 1. The molecule has 0 aromatic carbocycles. The molecule has 1 fully saturated rings. The van der Waals surface area contributed by atoms with Crippen molar-refractivity contribution in [2.75, 3.05) is 18.8 Å². The molecule has 1 heterocycles. The van der Waals surface area contributed by atoms with Gasteiger partial charge in [0.25, 0.3) is 0 Å². The summed E-state index contributed by atoms with van der Waals surface area (Å²) < 4.78 is 0. The quantitative estimate of drug-likeness (QED) is 0.0561. The number of carboxylic acid groups (broad SMARTS) is 1. The largest absolute Gasteiger partial charge is 0.480 e. The van der Waals surface area contributed by atoms with E-state index >= 15 is 0 Å². The van der Waals surface area contributed by atoms with Crippen LogP contribution in [0, 0.1) is 0 Å². The first kappa shape index (κ1) is 27.5. The van der Waals surface area contributed by atoms with Gasteiger partial charge in [0.1, 0.15) is 18.1 Å². The first-order valence-electron chi connectivity index (χ1n) is 10.3. The smallest absolute Gasteiger partial charge is 0.327 e. The number of carboxylic acids is 1. The summed E-state index contributed by atoms with van der Waals surface area (Å²) in [5.41, 5.74) is 10.5. The molecule has 32 heavy (non-hydrogen) atoms. The first-order valence-corrected chi connectivity index (χ1v) is 10.9. The fourth-order valence-corrected chi connectivity index (χ4v) is 3.31. The molecule has 0 saturated carbocycles. The summed E-state index contributed by atoms with van der Waals surface area (Å²) in [4.78, 5) is 52.8. The Morgan fingerprint density at radius 3 is 2.31 bits per heavy atom. The van der Waals surface area contributed by atoms with Crippen LogP contribution in [0.4, 0.5) is 0 Å². The minimum Gasteiger partial charge on any atom is -0.480 e. The number of nitrogens with zero attached hydrogens (tertiary/aromatic N) is 1. The highest BCUT2D eigenvalue weighted by molar-refractivity contribution is 7.80. The highest BCUT2D eigenvalue weighted by atomic mass is 32.1. The molecular weight excluding hydrogens is 442 g/mol. The van der Waals surface area contributed by atoms with Gasteiger partial charge in [-0.1, -0.05) is 0 Å². The fraction of sp³-hybridized carbons (Fsp3) is 0.722. The van der Waals surface area contributed by atoms with Gasteiger partial charge in [-0.25, -0.2) is 4.79 Å². The van der Waals surface area contributed by atoms with Gasteiger partial charge in [-0.05, 0) is 39.2 Å². The van der Waals surface area contributed by atoms with Crippen molar-refractivity contribution in [1.82, 2.24) is 21.3 Å². The lowest BCUT2D eigenvalue weighted by Gasteiger charge is -2.26. The van der Waals surface area contributed by atoms with Gasteiger partial charge < -0.3 is 42.9 Å². The van der Waals surface area contributed by atoms with E-state index in [4.69, 9.17) is 16.6 Å². The molecular formula is C18H33N7O6S. The standard InChI is InChI=1S/C18H33N7O6S/c1-9(26)13(25-14(27)10-4-2-6-21-10)16(29)23-11(5-3-7-22-18(19)20)15(28)24-12(8-32)17(30)31/h9-13,21,26,32H,2-8H2,1H3,(H,23,29)(H,24,28)(H,25,27)(H,30,31)(H4,19,20,22). The Bertz CT molecular complexity index is 695. The van der Waals surface area contributed by atoms with E-state index in [1.165, 1.54) is 6.92 Å². The Labute approximate surface area is 191 Å². The molecule has 1 rings (SSSR count). The monoisotopic (exact) mass is 475 g/mol. The van der Waals surface area contributed by atoms with E-state index in [1.54, 1.807) is 0 Å². The van der Waals surface area contributed by atoms with E-state index in [-0.39, 0.29) is 24.7 Å². The van der Waals surface area contributed by atoms with Crippen molar-refractivity contribution < 1.29 is 29.4 Å². The van der Waals surface area contributed by atoms with Gasteiger partial charge in [-0.15, -0.1) is 0 Å². The topological polar surface area (TPSA) is 221 Å². The zero-order chi connectivity index (χ0) is 24.3. The Kier molecular flexibility index (Phi) is 11.8. The van der Waals surface area contributed by atoms with Crippen LogP contribution < -0.4 is 32.7 Å². The van der Waals surface area contributed by atoms with Crippen LogP contribution >= 0.6 is 12.6 Å². The zero-order valence-electron chi connectivity index (χ0n) is 17.9. The van der Waals surface area contributed by atoms with Crippen molar-refractivity contribution in [3.8, 4) is 0 Å². The SMILES string of the molecule is CC(O)C(NC(=O)C1CCCN1)C(=O)NC(CCCN=C(N)N)C(=O)NC(CS)C(=O)O. The van der Waals surface area contributed by atoms with Crippen LogP contribution in [0.15, 0.2) is 4.99 Å². The summed E-state index contributed by atoms with van der Waals surface area (Å²) >= 11 is 3.90. The lowest BCUT2D eigenvalue weighted by molar-refractivity contribution is -0.141. The number of guanidine groups is 1. The van der Waals surface area contributed by atoms with Crippen LogP contribution in [0.3, 0.4) is 0 Å². The molecule has 1 saturated heterocycles. The average Bonchev–Trinajstić information content (AvgIpc) is 3.26. The van der Waals surface area contributed by atoms with Crippen molar-refractivity contribution in [3.05, 3.63) is 0 Å². The second kappa shape index (κ2) is 13.8. The van der Waals surface area contributed by atoms with Crippen LogP contribution in [0.25, 0.3) is 0 Å². The molecule has 1 aliphatic heterocycles. The van der Waals surface area contributed by atoms with Crippen LogP contribution in [0.5, 0.6) is 0 Å². The molecule has 0 spiro atoms. The maximum Gasteiger partial charge on any atom is 0.327 e. The first-order chi connectivity index (χ1) is 15.1. The molecule has 3 amide bonds. The maximum absolute atomic E-state index is 12.8. The number of thiol groups is 1. The second-order valence-electron chi connectivity index (χ2n) is 7.47. The third-order valence-electron chi connectivity index (χ3n) is 4.81. The van der Waals surface area contributed by atoms with Crippen molar-refractivity contribution >= 4 is 42.3 Å². The van der Waals surface area contributed by atoms with Crippen molar-refractivity contribution in [1.29, 1.82) is 0 Å². The van der Waals surface area contributed by atoms with Gasteiger partial charge in [0.15, 0.2) is 5.96 Å². The third-order valence-corrected chi connectivity index (χ3v) is 5.18. The Morgan fingerprint density at radius 1 is 1.16 bits per heavy atom. The molecule has 10 N–H and O–H groups in total. The lowest BCUT2D eigenvalue weighted by atomic mass is 10.1. The van der Waals surface area contributed by atoms with E-state index in [1.807, 2.05) is 0 Å². The Morgan fingerprint density at radius 2 is 1.81 bits per heavy atom. The summed E-state index contributed by atoms with van der Waals surface area (Å²) in [6, 6.07) is -4.18. The molecule has 13 nitrogen and oxygen atoms in total. The molecule has 5 atom stereocenters. The van der Waals surface area contributed by atoms with Crippen molar-refractivity contribution in [2.24, 2.45) is 16.5 Å². The van der Waals surface area contributed by atoms with Gasteiger partial charge in [-0.3, -0.25) is 19.4 Å². The predicted molar refractivity (Wildman–Crippen MR) is 120 cm³/mol. The van der Waals surface area contributed by atoms with Crippen LogP contribution in [0.2, 0.25) is 0 Å². The number of aliphatic carboxylic acids is 1. The van der Waals surface area contributed by atoms with Gasteiger partial charge in [0.05, 0.1) is 12.1 Å². The molecule has 14 heteroatoms. The number of hydrogen-bond acceptors (Lipinski definition) is 8. The van der Waals surface area contributed by atoms with E-state index < -0.39 is 54.0 Å². The second-order valence-corrected chi connectivity index (χ2v) is 7.83. The third kappa shape index (κ3) is 9.28. The maximum atomic E-state index is 12.8. The Hall–Kier alpha value is -2.58. The molecule has 0 aliphatic carbocycles. The van der Waals surface area contributed by atoms with Crippen LogP contribution in [-0.2, 0) is 19.2 Å². The number of aliphatic hydroxyl groups excluding tert-OH is 1. The number of amides is 3. The Balaban J connectivity index is 2.88. The number of hydrogen-bond donors (Lipinski definition) is 9. The minimum atomic E-state index is -1.31. The van der Waals surface area contributed by atoms with E-state index in [9.17, 15) is 24.3 Å². The van der Waals surface area contributed by atoms with Gasteiger partial charge in [0.2, 0.25) is 17.7 Å². The average molecular weight is 476 g/mol. The summed E-state index contributed by atoms with van der Waals surface area (Å²) in [7, 11) is 0. The molecule has 0 aromatic rings. The zero-order valence-corrected chi connectivity index (χ0v) is 18.8. The van der Waals surface area contributed by atoms with E-state index in [0.717, 1.165) is 6.42 Å². The number of carbonyl (C=O) groups is 4. The summed E-state index contributed by atoms with van der Waals surface area (Å²) in [6.07, 6.45) is 0.563. The van der Waals surface area contributed by atoms with Gasteiger partial charge >= 0.3 is 5.97 Å². The molecule has 1 aliphatic rings. The summed E-state index contributed by atoms with van der Waals surface area (Å²) in [5, 5.41) is 29.4. The number of carbonyl (C=O) groups excluding carboxylic acids is 3. The molecule has 0 aromatic heterocycles. The van der Waals surface area contributed by atoms with E-state index in [0.29, 0.717) is 19.4 Å². The normalized spacial score (nSPS) is 19.2. The molecule has 0 radical (unpaired) electrons. The predicted octanol–water partition coefficient (Wildman–Crippen LogP) is -3.36. The lowest BCUT2D eigenvalue weighted by Crippen LogP contribution is -2.59. The molecule has 5 unspecified atom stereocenters. The van der Waals surface area contributed by atoms with Gasteiger partial charge in [0, 0.05) is 12.3 Å². The highest BCUT2D eigenvalue weighted by Gasteiger charge is 2.33. The summed E-state index contributed by atoms with van der Waals surface area (Å²) in [5.74, 6) is -3.54. The van der Waals surface area contributed by atoms with Crippen molar-refractivity contribution in [3.63, 3.8) is 0 Å². The molecule has 0 bridgehead atoms. The number of aliphatic imine (C=N–C) groups is 1. The minimum absolute atomic E-state index is 0.0813. The number of nitrogens with two attached hydrogens (primary N) is 2.